The van der Waals surface area contributed by atoms with Gasteiger partial charge in [-0.1, -0.05) is 13.3 Å². The second-order valence-corrected chi connectivity index (χ2v) is 5.48. The van der Waals surface area contributed by atoms with E-state index in [4.69, 9.17) is 5.11 Å². The third-order valence-electron chi connectivity index (χ3n) is 3.46. The van der Waals surface area contributed by atoms with Crippen molar-refractivity contribution in [1.82, 2.24) is 10.2 Å². The van der Waals surface area contributed by atoms with Crippen molar-refractivity contribution in [2.24, 2.45) is 5.92 Å². The minimum absolute atomic E-state index is 0.293. The van der Waals surface area contributed by atoms with E-state index in [2.05, 4.69) is 31.0 Å². The Bertz CT molecular complexity index is 179. The van der Waals surface area contributed by atoms with Gasteiger partial charge in [0.15, 0.2) is 0 Å². The van der Waals surface area contributed by atoms with Gasteiger partial charge in [-0.25, -0.2) is 0 Å². The van der Waals surface area contributed by atoms with Gasteiger partial charge in [0, 0.05) is 31.8 Å². The number of rotatable bonds is 6. The van der Waals surface area contributed by atoms with Gasteiger partial charge >= 0.3 is 0 Å². The molecule has 1 saturated heterocycles. The molecule has 0 aromatic rings. The van der Waals surface area contributed by atoms with Gasteiger partial charge in [0.05, 0.1) is 0 Å². The van der Waals surface area contributed by atoms with E-state index in [0.717, 1.165) is 13.1 Å². The molecule has 0 aliphatic carbocycles. The fraction of sp³-hybridized carbons (Fsp3) is 1.00. The van der Waals surface area contributed by atoms with Crippen molar-refractivity contribution >= 4 is 0 Å². The van der Waals surface area contributed by atoms with Gasteiger partial charge in [-0.2, -0.15) is 0 Å². The topological polar surface area (TPSA) is 35.5 Å². The van der Waals surface area contributed by atoms with Crippen molar-refractivity contribution < 1.29 is 5.11 Å². The summed E-state index contributed by atoms with van der Waals surface area (Å²) in [6.45, 7) is 10.2. The van der Waals surface area contributed by atoms with E-state index in [9.17, 15) is 0 Å². The molecular formula is C13H28N2O. The number of nitrogens with zero attached hydrogens (tertiary/aromatic N) is 1. The van der Waals surface area contributed by atoms with Crippen LogP contribution in [0.15, 0.2) is 0 Å². The number of aliphatic hydroxyl groups excluding tert-OH is 1. The SMILES string of the molecule is CC(CO)CN(CC1CCCCN1)C(C)C. The molecule has 0 bridgehead atoms. The number of hydrogen-bond acceptors (Lipinski definition) is 3. The first-order valence-electron chi connectivity index (χ1n) is 6.71. The van der Waals surface area contributed by atoms with Crippen LogP contribution in [-0.4, -0.2) is 48.3 Å². The molecule has 0 amide bonds. The van der Waals surface area contributed by atoms with Crippen LogP contribution in [0.1, 0.15) is 40.0 Å². The van der Waals surface area contributed by atoms with Gasteiger partial charge in [0.25, 0.3) is 0 Å². The number of aliphatic hydroxyl groups is 1. The zero-order valence-corrected chi connectivity index (χ0v) is 11.1. The second kappa shape index (κ2) is 7.25. The van der Waals surface area contributed by atoms with Crippen molar-refractivity contribution in [3.05, 3.63) is 0 Å². The number of nitrogens with one attached hydrogen (secondary N) is 1. The molecule has 3 heteroatoms. The van der Waals surface area contributed by atoms with Gasteiger partial charge in [0.1, 0.15) is 0 Å². The third kappa shape index (κ3) is 4.81. The van der Waals surface area contributed by atoms with Crippen LogP contribution in [-0.2, 0) is 0 Å². The lowest BCUT2D eigenvalue weighted by Gasteiger charge is -2.34. The Morgan fingerprint density at radius 2 is 2.06 bits per heavy atom. The predicted octanol–water partition coefficient (Wildman–Crippen LogP) is 1.47. The molecule has 96 valence electrons. The smallest absolute Gasteiger partial charge is 0.0468 e. The Kier molecular flexibility index (Phi) is 6.32. The number of hydrogen-bond donors (Lipinski definition) is 2. The monoisotopic (exact) mass is 228 g/mol. The molecule has 0 aromatic heterocycles. The van der Waals surface area contributed by atoms with E-state index in [1.165, 1.54) is 25.8 Å². The van der Waals surface area contributed by atoms with Crippen LogP contribution in [0.25, 0.3) is 0 Å². The molecule has 0 spiro atoms. The zero-order valence-electron chi connectivity index (χ0n) is 11.1. The van der Waals surface area contributed by atoms with Crippen LogP contribution in [0.5, 0.6) is 0 Å². The molecule has 1 fully saturated rings. The molecule has 2 unspecified atom stereocenters. The molecule has 2 atom stereocenters. The highest BCUT2D eigenvalue weighted by atomic mass is 16.3. The highest BCUT2D eigenvalue weighted by Crippen LogP contribution is 2.11. The molecule has 1 heterocycles. The average molecular weight is 228 g/mol. The second-order valence-electron chi connectivity index (χ2n) is 5.48. The van der Waals surface area contributed by atoms with Crippen LogP contribution >= 0.6 is 0 Å². The maximum atomic E-state index is 9.13. The Balaban J connectivity index is 2.37. The first-order valence-corrected chi connectivity index (χ1v) is 6.71. The zero-order chi connectivity index (χ0) is 12.0. The molecular weight excluding hydrogens is 200 g/mol. The summed E-state index contributed by atoms with van der Waals surface area (Å²) in [4.78, 5) is 2.49. The minimum Gasteiger partial charge on any atom is -0.396 e. The minimum atomic E-state index is 0.293. The standard InChI is InChI=1S/C13H28N2O/c1-11(2)15(8-12(3)10-16)9-13-6-4-5-7-14-13/h11-14,16H,4-10H2,1-3H3. The summed E-state index contributed by atoms with van der Waals surface area (Å²) in [7, 11) is 0. The number of piperidine rings is 1. The van der Waals surface area contributed by atoms with Crippen LogP contribution in [0.3, 0.4) is 0 Å². The van der Waals surface area contributed by atoms with E-state index in [1.54, 1.807) is 0 Å². The van der Waals surface area contributed by atoms with Crippen molar-refractivity contribution in [3.63, 3.8) is 0 Å². The molecule has 2 N–H and O–H groups in total. The van der Waals surface area contributed by atoms with Gasteiger partial charge in [-0.15, -0.1) is 0 Å². The van der Waals surface area contributed by atoms with E-state index >= 15 is 0 Å². The van der Waals surface area contributed by atoms with Crippen molar-refractivity contribution in [2.75, 3.05) is 26.2 Å². The lowest BCUT2D eigenvalue weighted by Crippen LogP contribution is -2.47. The molecule has 1 aliphatic heterocycles. The maximum absolute atomic E-state index is 9.13. The van der Waals surface area contributed by atoms with Gasteiger partial charge in [-0.05, 0) is 39.2 Å². The highest BCUT2D eigenvalue weighted by Gasteiger charge is 2.19. The third-order valence-corrected chi connectivity index (χ3v) is 3.46. The van der Waals surface area contributed by atoms with Crippen molar-refractivity contribution in [2.45, 2.75) is 52.1 Å². The predicted molar refractivity (Wildman–Crippen MR) is 68.6 cm³/mol. The summed E-state index contributed by atoms with van der Waals surface area (Å²) in [6.07, 6.45) is 3.99. The van der Waals surface area contributed by atoms with Crippen LogP contribution in [0.2, 0.25) is 0 Å². The van der Waals surface area contributed by atoms with Gasteiger partial charge in [-0.3, -0.25) is 4.90 Å². The largest absolute Gasteiger partial charge is 0.396 e. The Morgan fingerprint density at radius 3 is 2.56 bits per heavy atom. The van der Waals surface area contributed by atoms with Crippen LogP contribution in [0, 0.1) is 5.92 Å². The molecule has 1 aliphatic rings. The van der Waals surface area contributed by atoms with Crippen LogP contribution < -0.4 is 5.32 Å². The Labute approximate surface area is 100 Å². The summed E-state index contributed by atoms with van der Waals surface area (Å²) in [5, 5.41) is 12.7. The lowest BCUT2D eigenvalue weighted by molar-refractivity contribution is 0.132. The van der Waals surface area contributed by atoms with E-state index < -0.39 is 0 Å². The van der Waals surface area contributed by atoms with Crippen molar-refractivity contribution in [1.29, 1.82) is 0 Å². The normalized spacial score (nSPS) is 24.0. The molecule has 0 saturated carbocycles. The molecule has 0 aromatic carbocycles. The first kappa shape index (κ1) is 13.9. The van der Waals surface area contributed by atoms with E-state index in [0.29, 0.717) is 24.6 Å². The molecule has 3 nitrogen and oxygen atoms in total. The van der Waals surface area contributed by atoms with Gasteiger partial charge in [0.2, 0.25) is 0 Å². The van der Waals surface area contributed by atoms with Crippen molar-refractivity contribution in [3.8, 4) is 0 Å². The Morgan fingerprint density at radius 1 is 1.31 bits per heavy atom. The fourth-order valence-electron chi connectivity index (χ4n) is 2.32. The average Bonchev–Trinajstić information content (AvgIpc) is 2.29. The molecule has 1 rings (SSSR count). The summed E-state index contributed by atoms with van der Waals surface area (Å²) in [5.41, 5.74) is 0. The van der Waals surface area contributed by atoms with Crippen LogP contribution in [0.4, 0.5) is 0 Å². The van der Waals surface area contributed by atoms with E-state index in [-0.39, 0.29) is 0 Å². The first-order chi connectivity index (χ1) is 7.63. The summed E-state index contributed by atoms with van der Waals surface area (Å²) in [6, 6.07) is 1.22. The Hall–Kier alpha value is -0.120. The summed E-state index contributed by atoms with van der Waals surface area (Å²) in [5.74, 6) is 0.381. The van der Waals surface area contributed by atoms with Gasteiger partial charge < -0.3 is 10.4 Å². The maximum Gasteiger partial charge on any atom is 0.0468 e. The molecule has 16 heavy (non-hydrogen) atoms. The quantitative estimate of drug-likeness (QED) is 0.722. The lowest BCUT2D eigenvalue weighted by atomic mass is 10.0. The highest BCUT2D eigenvalue weighted by molar-refractivity contribution is 4.78. The van der Waals surface area contributed by atoms with E-state index in [1.807, 2.05) is 0 Å². The molecule has 0 radical (unpaired) electrons. The fourth-order valence-corrected chi connectivity index (χ4v) is 2.32. The summed E-state index contributed by atoms with van der Waals surface area (Å²) >= 11 is 0. The summed E-state index contributed by atoms with van der Waals surface area (Å²) < 4.78 is 0.